The van der Waals surface area contributed by atoms with Gasteiger partial charge in [0.05, 0.1) is 11.9 Å². The standard InChI is InChI=1S/C6H13NO3S/c1-2-11(9,10)7-4-3-6(8)5-7/h6,8H,2-5H2,1H3. The van der Waals surface area contributed by atoms with Crippen LogP contribution in [0.25, 0.3) is 0 Å². The lowest BCUT2D eigenvalue weighted by Gasteiger charge is -2.13. The van der Waals surface area contributed by atoms with Gasteiger partial charge in [-0.3, -0.25) is 0 Å². The van der Waals surface area contributed by atoms with Gasteiger partial charge in [-0.2, -0.15) is 4.31 Å². The molecule has 0 aliphatic carbocycles. The van der Waals surface area contributed by atoms with Crippen molar-refractivity contribution in [3.8, 4) is 0 Å². The van der Waals surface area contributed by atoms with Crippen molar-refractivity contribution in [1.29, 1.82) is 0 Å². The molecule has 1 fully saturated rings. The molecule has 1 heterocycles. The second kappa shape index (κ2) is 3.08. The van der Waals surface area contributed by atoms with Gasteiger partial charge in [-0.25, -0.2) is 8.42 Å². The molecule has 1 rings (SSSR count). The highest BCUT2D eigenvalue weighted by Crippen LogP contribution is 2.13. The third-order valence-electron chi connectivity index (χ3n) is 1.88. The third-order valence-corrected chi connectivity index (χ3v) is 3.73. The van der Waals surface area contributed by atoms with E-state index in [9.17, 15) is 8.42 Å². The summed E-state index contributed by atoms with van der Waals surface area (Å²) < 4.78 is 23.7. The van der Waals surface area contributed by atoms with E-state index in [2.05, 4.69) is 0 Å². The Morgan fingerprint density at radius 1 is 1.64 bits per heavy atom. The first-order valence-electron chi connectivity index (χ1n) is 3.72. The average Bonchev–Trinajstić information content (AvgIpc) is 2.36. The smallest absolute Gasteiger partial charge is 0.213 e. The van der Waals surface area contributed by atoms with Crippen LogP contribution < -0.4 is 0 Å². The van der Waals surface area contributed by atoms with Crippen molar-refractivity contribution in [2.45, 2.75) is 19.4 Å². The van der Waals surface area contributed by atoms with Crippen LogP contribution in [-0.2, 0) is 10.0 Å². The molecule has 11 heavy (non-hydrogen) atoms. The van der Waals surface area contributed by atoms with E-state index in [0.717, 1.165) is 0 Å². The molecule has 1 unspecified atom stereocenters. The molecule has 1 aliphatic heterocycles. The van der Waals surface area contributed by atoms with Crippen molar-refractivity contribution in [1.82, 2.24) is 4.31 Å². The van der Waals surface area contributed by atoms with Crippen LogP contribution in [0.1, 0.15) is 13.3 Å². The van der Waals surface area contributed by atoms with E-state index >= 15 is 0 Å². The normalized spacial score (nSPS) is 27.6. The van der Waals surface area contributed by atoms with Crippen molar-refractivity contribution >= 4 is 10.0 Å². The molecule has 1 N–H and O–H groups in total. The number of β-amino-alcohol motifs (C(OH)–C–C–N with tert-alkyl or cyclic N) is 1. The van der Waals surface area contributed by atoms with Gasteiger partial charge < -0.3 is 5.11 Å². The van der Waals surface area contributed by atoms with Crippen molar-refractivity contribution in [2.75, 3.05) is 18.8 Å². The number of aliphatic hydroxyl groups is 1. The molecule has 1 atom stereocenters. The van der Waals surface area contributed by atoms with Crippen LogP contribution in [0, 0.1) is 0 Å². The lowest BCUT2D eigenvalue weighted by molar-refractivity contribution is 0.189. The van der Waals surface area contributed by atoms with Crippen LogP contribution in [0.4, 0.5) is 0 Å². The fraction of sp³-hybridized carbons (Fsp3) is 1.00. The van der Waals surface area contributed by atoms with Gasteiger partial charge in [-0.05, 0) is 13.3 Å². The summed E-state index contributed by atoms with van der Waals surface area (Å²) in [5, 5.41) is 9.05. The maximum Gasteiger partial charge on any atom is 0.213 e. The van der Waals surface area contributed by atoms with Crippen LogP contribution in [-0.4, -0.2) is 42.8 Å². The Labute approximate surface area is 66.9 Å². The van der Waals surface area contributed by atoms with Gasteiger partial charge in [0.2, 0.25) is 10.0 Å². The lowest BCUT2D eigenvalue weighted by atomic mass is 10.3. The molecule has 66 valence electrons. The highest BCUT2D eigenvalue weighted by molar-refractivity contribution is 7.89. The quantitative estimate of drug-likeness (QED) is 0.616. The maximum absolute atomic E-state index is 11.2. The van der Waals surface area contributed by atoms with Crippen LogP contribution >= 0.6 is 0 Å². The van der Waals surface area contributed by atoms with Crippen LogP contribution in [0.3, 0.4) is 0 Å². The molecule has 0 saturated carbocycles. The minimum absolute atomic E-state index is 0.125. The Hall–Kier alpha value is -0.130. The highest BCUT2D eigenvalue weighted by atomic mass is 32.2. The molecule has 0 radical (unpaired) electrons. The van der Waals surface area contributed by atoms with E-state index in [0.29, 0.717) is 13.0 Å². The summed E-state index contributed by atoms with van der Waals surface area (Å²) in [5.74, 6) is 0.125. The highest BCUT2D eigenvalue weighted by Gasteiger charge is 2.28. The summed E-state index contributed by atoms with van der Waals surface area (Å²) in [6.07, 6.45) is 0.107. The van der Waals surface area contributed by atoms with Gasteiger partial charge >= 0.3 is 0 Å². The van der Waals surface area contributed by atoms with Crippen LogP contribution in [0.2, 0.25) is 0 Å². The molecule has 5 heteroatoms. The van der Waals surface area contributed by atoms with Gasteiger partial charge in [-0.15, -0.1) is 0 Å². The number of hydrogen-bond donors (Lipinski definition) is 1. The SMILES string of the molecule is CCS(=O)(=O)N1CCC(O)C1. The monoisotopic (exact) mass is 179 g/mol. The Bertz CT molecular complexity index is 224. The van der Waals surface area contributed by atoms with Crippen molar-refractivity contribution in [3.63, 3.8) is 0 Å². The van der Waals surface area contributed by atoms with Gasteiger partial charge in [-0.1, -0.05) is 0 Å². The molecule has 0 spiro atoms. The second-order valence-electron chi connectivity index (χ2n) is 2.70. The summed E-state index contributed by atoms with van der Waals surface area (Å²) in [4.78, 5) is 0. The summed E-state index contributed by atoms with van der Waals surface area (Å²) in [6.45, 7) is 2.35. The Balaban J connectivity index is 2.64. The summed E-state index contributed by atoms with van der Waals surface area (Å²) in [5.41, 5.74) is 0. The largest absolute Gasteiger partial charge is 0.392 e. The molecule has 0 amide bonds. The first kappa shape index (κ1) is 8.96. The summed E-state index contributed by atoms with van der Waals surface area (Å²) in [6, 6.07) is 0. The molecule has 4 nitrogen and oxygen atoms in total. The van der Waals surface area contributed by atoms with Gasteiger partial charge in [0.1, 0.15) is 0 Å². The predicted octanol–water partition coefficient (Wildman–Crippen LogP) is -0.597. The number of hydrogen-bond acceptors (Lipinski definition) is 3. The van der Waals surface area contributed by atoms with E-state index in [1.807, 2.05) is 0 Å². The maximum atomic E-state index is 11.2. The van der Waals surface area contributed by atoms with E-state index < -0.39 is 16.1 Å². The second-order valence-corrected chi connectivity index (χ2v) is 4.96. The Morgan fingerprint density at radius 3 is 2.64 bits per heavy atom. The minimum Gasteiger partial charge on any atom is -0.392 e. The number of sulfonamides is 1. The van der Waals surface area contributed by atoms with E-state index in [1.165, 1.54) is 4.31 Å². The van der Waals surface area contributed by atoms with Crippen molar-refractivity contribution < 1.29 is 13.5 Å². The zero-order valence-corrected chi connectivity index (χ0v) is 7.34. The number of aliphatic hydroxyl groups excluding tert-OH is 1. The molecule has 0 bridgehead atoms. The van der Waals surface area contributed by atoms with E-state index in [4.69, 9.17) is 5.11 Å². The van der Waals surface area contributed by atoms with Gasteiger partial charge in [0.15, 0.2) is 0 Å². The van der Waals surface area contributed by atoms with Crippen molar-refractivity contribution in [2.24, 2.45) is 0 Å². The third kappa shape index (κ3) is 1.91. The zero-order chi connectivity index (χ0) is 8.48. The first-order valence-corrected chi connectivity index (χ1v) is 5.33. The molecular formula is C6H13NO3S. The molecule has 1 aliphatic rings. The van der Waals surface area contributed by atoms with E-state index in [-0.39, 0.29) is 12.3 Å². The fourth-order valence-corrected chi connectivity index (χ4v) is 2.29. The minimum atomic E-state index is -3.06. The average molecular weight is 179 g/mol. The number of rotatable bonds is 2. The van der Waals surface area contributed by atoms with Gasteiger partial charge in [0, 0.05) is 13.1 Å². The molecular weight excluding hydrogens is 166 g/mol. The van der Waals surface area contributed by atoms with Crippen LogP contribution in [0.15, 0.2) is 0 Å². The molecule has 0 aromatic carbocycles. The first-order chi connectivity index (χ1) is 5.06. The van der Waals surface area contributed by atoms with Crippen molar-refractivity contribution in [3.05, 3.63) is 0 Å². The molecule has 0 aromatic rings. The predicted molar refractivity (Wildman–Crippen MR) is 41.7 cm³/mol. The Kier molecular flexibility index (Phi) is 2.51. The zero-order valence-electron chi connectivity index (χ0n) is 6.52. The molecule has 0 aromatic heterocycles. The van der Waals surface area contributed by atoms with Crippen LogP contribution in [0.5, 0.6) is 0 Å². The molecule has 1 saturated heterocycles. The topological polar surface area (TPSA) is 57.6 Å². The summed E-state index contributed by atoms with van der Waals surface area (Å²) >= 11 is 0. The fourth-order valence-electron chi connectivity index (χ4n) is 1.15. The van der Waals surface area contributed by atoms with Gasteiger partial charge in [0.25, 0.3) is 0 Å². The number of nitrogens with zero attached hydrogens (tertiary/aromatic N) is 1. The van der Waals surface area contributed by atoms with E-state index in [1.54, 1.807) is 6.92 Å². The Morgan fingerprint density at radius 2 is 2.27 bits per heavy atom. The lowest BCUT2D eigenvalue weighted by Crippen LogP contribution is -2.30. The summed E-state index contributed by atoms with van der Waals surface area (Å²) in [7, 11) is -3.06.